The van der Waals surface area contributed by atoms with E-state index in [-0.39, 0.29) is 11.5 Å². The van der Waals surface area contributed by atoms with E-state index in [0.29, 0.717) is 22.9 Å². The van der Waals surface area contributed by atoms with Gasteiger partial charge in [0, 0.05) is 10.8 Å². The first-order chi connectivity index (χ1) is 14.7. The molecule has 9 heteroatoms. The minimum Gasteiger partial charge on any atom is -0.299 e. The number of carbonyl (C=O) groups excluding carboxylic acids is 1. The highest BCUT2D eigenvalue weighted by Gasteiger charge is 2.27. The van der Waals surface area contributed by atoms with E-state index in [1.807, 2.05) is 6.92 Å². The molecule has 1 fully saturated rings. The molecular formula is C21H25N5O2S2. The summed E-state index contributed by atoms with van der Waals surface area (Å²) in [6.45, 7) is 1.91. The number of hydrogen-bond acceptors (Lipinski definition) is 7. The van der Waals surface area contributed by atoms with Gasteiger partial charge in [0.05, 0.1) is 11.7 Å². The molecule has 0 spiro atoms. The van der Waals surface area contributed by atoms with Crippen molar-refractivity contribution in [3.05, 3.63) is 32.1 Å². The SMILES string of the molecule is CCC(C(=O)Nc1nnc(C2CCCCC2)s1)n1cnc2sc3c(c2c1=O)CCC3. The first kappa shape index (κ1) is 19.8. The number of rotatable bonds is 5. The summed E-state index contributed by atoms with van der Waals surface area (Å²) in [6, 6.07) is -0.617. The third kappa shape index (κ3) is 3.47. The highest BCUT2D eigenvalue weighted by atomic mass is 32.1. The number of anilines is 1. The number of fused-ring (bicyclic) bond motifs is 3. The fraction of sp³-hybridized carbons (Fsp3) is 0.571. The molecular weight excluding hydrogens is 418 g/mol. The summed E-state index contributed by atoms with van der Waals surface area (Å²) in [4.78, 5) is 32.8. The predicted molar refractivity (Wildman–Crippen MR) is 120 cm³/mol. The summed E-state index contributed by atoms with van der Waals surface area (Å²) < 4.78 is 1.49. The van der Waals surface area contributed by atoms with Crippen LogP contribution in [0.2, 0.25) is 0 Å². The van der Waals surface area contributed by atoms with Crippen LogP contribution in [0.3, 0.4) is 0 Å². The second kappa shape index (κ2) is 8.19. The number of aromatic nitrogens is 4. The lowest BCUT2D eigenvalue weighted by molar-refractivity contribution is -0.119. The quantitative estimate of drug-likeness (QED) is 0.630. The summed E-state index contributed by atoms with van der Waals surface area (Å²) in [5.74, 6) is 0.220. The molecule has 0 saturated heterocycles. The van der Waals surface area contributed by atoms with Crippen molar-refractivity contribution >= 4 is 43.9 Å². The number of carbonyl (C=O) groups is 1. The number of amides is 1. The molecule has 158 valence electrons. The van der Waals surface area contributed by atoms with Crippen molar-refractivity contribution in [1.82, 2.24) is 19.7 Å². The molecule has 30 heavy (non-hydrogen) atoms. The van der Waals surface area contributed by atoms with Gasteiger partial charge in [-0.3, -0.25) is 19.5 Å². The zero-order chi connectivity index (χ0) is 20.7. The molecule has 3 aromatic rings. The molecule has 1 unspecified atom stereocenters. The van der Waals surface area contributed by atoms with Gasteiger partial charge in [-0.2, -0.15) is 0 Å². The van der Waals surface area contributed by atoms with Gasteiger partial charge in [-0.1, -0.05) is 37.5 Å². The molecule has 2 aliphatic carbocycles. The van der Waals surface area contributed by atoms with E-state index < -0.39 is 6.04 Å². The molecule has 7 nitrogen and oxygen atoms in total. The van der Waals surface area contributed by atoms with E-state index in [1.165, 1.54) is 46.4 Å². The number of hydrogen-bond donors (Lipinski definition) is 1. The minimum atomic E-state index is -0.617. The third-order valence-corrected chi connectivity index (χ3v) is 8.50. The molecule has 1 saturated carbocycles. The number of nitrogens with one attached hydrogen (secondary N) is 1. The Balaban J connectivity index is 1.39. The van der Waals surface area contributed by atoms with Gasteiger partial charge in [0.2, 0.25) is 11.0 Å². The Bertz CT molecular complexity index is 1140. The van der Waals surface area contributed by atoms with Gasteiger partial charge in [-0.05, 0) is 44.1 Å². The summed E-state index contributed by atoms with van der Waals surface area (Å²) in [5.41, 5.74) is 1.03. The van der Waals surface area contributed by atoms with E-state index in [2.05, 4.69) is 20.5 Å². The maximum Gasteiger partial charge on any atom is 0.263 e. The smallest absolute Gasteiger partial charge is 0.263 e. The van der Waals surface area contributed by atoms with Gasteiger partial charge < -0.3 is 0 Å². The van der Waals surface area contributed by atoms with Crippen molar-refractivity contribution in [3.63, 3.8) is 0 Å². The highest BCUT2D eigenvalue weighted by molar-refractivity contribution is 7.18. The summed E-state index contributed by atoms with van der Waals surface area (Å²) in [7, 11) is 0. The standard InChI is InChI=1S/C21H25N5O2S2/c1-2-14(17(27)23-21-25-24-18(30-21)12-7-4-3-5-8-12)26-11-22-19-16(20(26)28)13-9-6-10-15(13)29-19/h11-12,14H,2-10H2,1H3,(H,23,25,27). The second-order valence-corrected chi connectivity index (χ2v) is 10.3. The molecule has 1 atom stereocenters. The van der Waals surface area contributed by atoms with Gasteiger partial charge in [-0.25, -0.2) is 4.98 Å². The molecule has 0 bridgehead atoms. The Morgan fingerprint density at radius 2 is 2.03 bits per heavy atom. The van der Waals surface area contributed by atoms with Crippen molar-refractivity contribution < 1.29 is 4.79 Å². The van der Waals surface area contributed by atoms with Crippen LogP contribution in [0.5, 0.6) is 0 Å². The van der Waals surface area contributed by atoms with Crippen LogP contribution in [0.15, 0.2) is 11.1 Å². The fourth-order valence-electron chi connectivity index (χ4n) is 4.72. The summed E-state index contributed by atoms with van der Waals surface area (Å²) in [6.07, 6.45) is 11.1. The lowest BCUT2D eigenvalue weighted by atomic mass is 9.90. The van der Waals surface area contributed by atoms with E-state index in [9.17, 15) is 9.59 Å². The van der Waals surface area contributed by atoms with Crippen molar-refractivity contribution in [3.8, 4) is 0 Å². The molecule has 2 aliphatic rings. The highest BCUT2D eigenvalue weighted by Crippen LogP contribution is 2.36. The van der Waals surface area contributed by atoms with Crippen LogP contribution in [0.4, 0.5) is 5.13 Å². The molecule has 0 radical (unpaired) electrons. The average Bonchev–Trinajstić information content (AvgIpc) is 3.47. The Morgan fingerprint density at radius 3 is 2.83 bits per heavy atom. The van der Waals surface area contributed by atoms with Crippen LogP contribution < -0.4 is 10.9 Å². The zero-order valence-electron chi connectivity index (χ0n) is 17.0. The van der Waals surface area contributed by atoms with Crippen LogP contribution in [0.1, 0.15) is 79.3 Å². The third-order valence-electron chi connectivity index (χ3n) is 6.30. The lowest BCUT2D eigenvalue weighted by Crippen LogP contribution is -2.33. The Hall–Kier alpha value is -2.13. The monoisotopic (exact) mass is 443 g/mol. The molecule has 3 aromatic heterocycles. The van der Waals surface area contributed by atoms with Gasteiger partial charge in [0.25, 0.3) is 5.56 Å². The summed E-state index contributed by atoms with van der Waals surface area (Å²) >= 11 is 3.07. The largest absolute Gasteiger partial charge is 0.299 e. The molecule has 1 N–H and O–H groups in total. The van der Waals surface area contributed by atoms with Gasteiger partial charge >= 0.3 is 0 Å². The van der Waals surface area contributed by atoms with Crippen LogP contribution in [0.25, 0.3) is 10.2 Å². The number of aryl methyl sites for hydroxylation is 2. The Morgan fingerprint density at radius 1 is 1.20 bits per heavy atom. The zero-order valence-corrected chi connectivity index (χ0v) is 18.7. The van der Waals surface area contributed by atoms with Gasteiger partial charge in [0.15, 0.2) is 0 Å². The Kier molecular flexibility index (Phi) is 5.41. The normalized spacial score (nSPS) is 17.9. The molecule has 5 rings (SSSR count). The van der Waals surface area contributed by atoms with Gasteiger partial charge in [0.1, 0.15) is 15.9 Å². The minimum absolute atomic E-state index is 0.110. The van der Waals surface area contributed by atoms with Crippen LogP contribution in [-0.4, -0.2) is 25.7 Å². The average molecular weight is 444 g/mol. The number of nitrogens with zero attached hydrogens (tertiary/aromatic N) is 4. The van der Waals surface area contributed by atoms with Crippen molar-refractivity contribution in [2.75, 3.05) is 5.32 Å². The number of thiophene rings is 1. The maximum absolute atomic E-state index is 13.2. The molecule has 3 heterocycles. The van der Waals surface area contributed by atoms with Crippen LogP contribution >= 0.6 is 22.7 Å². The Labute approximate surface area is 182 Å². The molecule has 1 amide bonds. The lowest BCUT2D eigenvalue weighted by Gasteiger charge is -2.18. The van der Waals surface area contributed by atoms with Crippen molar-refractivity contribution in [1.29, 1.82) is 0 Å². The van der Waals surface area contributed by atoms with Gasteiger partial charge in [-0.15, -0.1) is 21.5 Å². The summed E-state index contributed by atoms with van der Waals surface area (Å²) in [5, 5.41) is 13.6. The maximum atomic E-state index is 13.2. The first-order valence-electron chi connectivity index (χ1n) is 10.8. The first-order valence-corrected chi connectivity index (χ1v) is 12.4. The van der Waals surface area contributed by atoms with Crippen molar-refractivity contribution in [2.45, 2.75) is 76.7 Å². The molecule has 0 aliphatic heterocycles. The van der Waals surface area contributed by atoms with E-state index in [0.717, 1.165) is 47.5 Å². The topological polar surface area (TPSA) is 89.8 Å². The van der Waals surface area contributed by atoms with E-state index in [4.69, 9.17) is 0 Å². The predicted octanol–water partition coefficient (Wildman–Crippen LogP) is 4.44. The molecule has 0 aromatic carbocycles. The fourth-order valence-corrected chi connectivity index (χ4v) is 6.85. The second-order valence-electron chi connectivity index (χ2n) is 8.19. The van der Waals surface area contributed by atoms with Crippen molar-refractivity contribution in [2.24, 2.45) is 0 Å². The van der Waals surface area contributed by atoms with Crippen LogP contribution in [-0.2, 0) is 17.6 Å². The van der Waals surface area contributed by atoms with E-state index >= 15 is 0 Å². The van der Waals surface area contributed by atoms with Crippen LogP contribution in [0, 0.1) is 0 Å². The van der Waals surface area contributed by atoms with E-state index in [1.54, 1.807) is 11.3 Å².